The quantitative estimate of drug-likeness (QED) is 0.654. The van der Waals surface area contributed by atoms with Crippen LogP contribution in [-0.2, 0) is 14.4 Å². The van der Waals surface area contributed by atoms with Crippen LogP contribution in [0.4, 0.5) is 0 Å². The lowest BCUT2D eigenvalue weighted by Crippen LogP contribution is -2.43. The summed E-state index contributed by atoms with van der Waals surface area (Å²) in [6.07, 6.45) is 5.62. The normalized spacial score (nSPS) is 19.9. The number of likely N-dealkylation sites (tertiary alicyclic amines) is 1. The van der Waals surface area contributed by atoms with Gasteiger partial charge < -0.3 is 15.3 Å². The molecule has 0 saturated carbocycles. The van der Waals surface area contributed by atoms with E-state index in [9.17, 15) is 19.5 Å². The van der Waals surface area contributed by atoms with E-state index in [1.807, 2.05) is 0 Å². The summed E-state index contributed by atoms with van der Waals surface area (Å²) < 4.78 is 0. The molecule has 1 saturated heterocycles. The molecule has 0 spiro atoms. The summed E-state index contributed by atoms with van der Waals surface area (Å²) in [5, 5.41) is 11.8. The number of carbonyl (C=O) groups is 3. The number of carbonyl (C=O) groups excluding carboxylic acids is 2. The van der Waals surface area contributed by atoms with Crippen molar-refractivity contribution in [3.8, 4) is 12.3 Å². The predicted molar refractivity (Wildman–Crippen MR) is 68.0 cm³/mol. The lowest BCUT2D eigenvalue weighted by molar-refractivity contribution is -0.148. The molecule has 6 heteroatoms. The highest BCUT2D eigenvalue weighted by Crippen LogP contribution is 2.21. The Balaban J connectivity index is 2.63. The Labute approximate surface area is 112 Å². The van der Waals surface area contributed by atoms with Crippen molar-refractivity contribution >= 4 is 17.8 Å². The van der Waals surface area contributed by atoms with Crippen molar-refractivity contribution in [2.45, 2.75) is 32.2 Å². The van der Waals surface area contributed by atoms with Crippen LogP contribution in [0.15, 0.2) is 0 Å². The fourth-order valence-corrected chi connectivity index (χ4v) is 2.11. The second-order valence-electron chi connectivity index (χ2n) is 4.46. The summed E-state index contributed by atoms with van der Waals surface area (Å²) in [7, 11) is 0. The van der Waals surface area contributed by atoms with E-state index in [1.165, 1.54) is 4.90 Å². The molecule has 2 N–H and O–H groups in total. The van der Waals surface area contributed by atoms with Crippen molar-refractivity contribution in [3.05, 3.63) is 0 Å². The summed E-state index contributed by atoms with van der Waals surface area (Å²) in [6, 6.07) is -0.978. The van der Waals surface area contributed by atoms with E-state index in [2.05, 4.69) is 11.2 Å². The fourth-order valence-electron chi connectivity index (χ4n) is 2.11. The number of nitrogens with zero attached hydrogens (tertiary/aromatic N) is 1. The monoisotopic (exact) mass is 266 g/mol. The molecule has 19 heavy (non-hydrogen) atoms. The van der Waals surface area contributed by atoms with E-state index in [1.54, 1.807) is 6.92 Å². The zero-order chi connectivity index (χ0) is 14.4. The number of terminal acetylenes is 1. The Morgan fingerprint density at radius 1 is 1.63 bits per heavy atom. The van der Waals surface area contributed by atoms with Gasteiger partial charge in [0, 0.05) is 31.8 Å². The largest absolute Gasteiger partial charge is 0.480 e. The summed E-state index contributed by atoms with van der Waals surface area (Å²) in [6.45, 7) is 2.54. The van der Waals surface area contributed by atoms with E-state index in [0.717, 1.165) is 0 Å². The van der Waals surface area contributed by atoms with E-state index < -0.39 is 12.0 Å². The minimum atomic E-state index is -1.10. The van der Waals surface area contributed by atoms with Gasteiger partial charge in [0.2, 0.25) is 11.8 Å². The number of rotatable bonds is 6. The molecular weight excluding hydrogens is 248 g/mol. The molecule has 1 fully saturated rings. The van der Waals surface area contributed by atoms with Gasteiger partial charge in [-0.2, -0.15) is 0 Å². The third-order valence-electron chi connectivity index (χ3n) is 3.07. The summed E-state index contributed by atoms with van der Waals surface area (Å²) in [5.74, 6) is 0.658. The zero-order valence-electron chi connectivity index (χ0n) is 10.9. The molecule has 6 nitrogen and oxygen atoms in total. The Hall–Kier alpha value is -2.03. The molecule has 1 unspecified atom stereocenters. The van der Waals surface area contributed by atoms with Crippen LogP contribution < -0.4 is 5.32 Å². The van der Waals surface area contributed by atoms with Gasteiger partial charge in [0.25, 0.3) is 0 Å². The van der Waals surface area contributed by atoms with Crippen molar-refractivity contribution in [1.29, 1.82) is 0 Å². The summed E-state index contributed by atoms with van der Waals surface area (Å²) in [4.78, 5) is 35.6. The second kappa shape index (κ2) is 6.78. The zero-order valence-corrected chi connectivity index (χ0v) is 10.9. The summed E-state index contributed by atoms with van der Waals surface area (Å²) in [5.41, 5.74) is 0. The van der Waals surface area contributed by atoms with Crippen molar-refractivity contribution in [2.75, 3.05) is 13.1 Å². The van der Waals surface area contributed by atoms with Gasteiger partial charge >= 0.3 is 5.97 Å². The van der Waals surface area contributed by atoms with Gasteiger partial charge in [0.1, 0.15) is 6.04 Å². The maximum absolute atomic E-state index is 11.7. The van der Waals surface area contributed by atoms with Gasteiger partial charge in [-0.3, -0.25) is 9.59 Å². The molecule has 1 aliphatic heterocycles. The molecule has 0 bridgehead atoms. The number of hydrogen-bond donors (Lipinski definition) is 2. The van der Waals surface area contributed by atoms with Crippen LogP contribution in [0.1, 0.15) is 26.2 Å². The van der Waals surface area contributed by atoms with Crippen molar-refractivity contribution in [2.24, 2.45) is 5.92 Å². The van der Waals surface area contributed by atoms with Crippen molar-refractivity contribution in [1.82, 2.24) is 10.2 Å². The smallest absolute Gasteiger partial charge is 0.326 e. The number of amides is 2. The highest BCUT2D eigenvalue weighted by Gasteiger charge is 2.36. The van der Waals surface area contributed by atoms with E-state index in [0.29, 0.717) is 6.54 Å². The first-order valence-corrected chi connectivity index (χ1v) is 6.24. The standard InChI is InChI=1S/C13H18N2O4/c1-3-9-7-12(17)15(8-9)10(13(18)19)5-6-11(16)14-4-2/h1,9-10H,4-8H2,2H3,(H,14,16)(H,18,19)/t9?,10-/m0/s1. The lowest BCUT2D eigenvalue weighted by Gasteiger charge is -2.24. The second-order valence-corrected chi connectivity index (χ2v) is 4.46. The molecule has 0 aliphatic carbocycles. The molecule has 1 aliphatic rings. The molecule has 0 aromatic heterocycles. The Bertz CT molecular complexity index is 413. The lowest BCUT2D eigenvalue weighted by atomic mass is 10.1. The molecule has 2 amide bonds. The van der Waals surface area contributed by atoms with E-state index in [-0.39, 0.29) is 43.5 Å². The van der Waals surface area contributed by atoms with E-state index in [4.69, 9.17) is 6.42 Å². The number of hydrogen-bond acceptors (Lipinski definition) is 3. The topological polar surface area (TPSA) is 86.7 Å². The number of carboxylic acid groups (broad SMARTS) is 1. The minimum Gasteiger partial charge on any atom is -0.480 e. The molecular formula is C13H18N2O4. The van der Waals surface area contributed by atoms with Crippen LogP contribution in [-0.4, -0.2) is 46.9 Å². The maximum atomic E-state index is 11.7. The Kier molecular flexibility index (Phi) is 5.37. The minimum absolute atomic E-state index is 0.0787. The van der Waals surface area contributed by atoms with Gasteiger partial charge in [-0.05, 0) is 13.3 Å². The fraction of sp³-hybridized carbons (Fsp3) is 0.615. The van der Waals surface area contributed by atoms with Crippen LogP contribution in [0.3, 0.4) is 0 Å². The molecule has 0 radical (unpaired) electrons. The van der Waals surface area contributed by atoms with Crippen LogP contribution in [0.25, 0.3) is 0 Å². The number of nitrogens with one attached hydrogen (secondary N) is 1. The molecule has 0 aromatic rings. The van der Waals surface area contributed by atoms with Gasteiger partial charge in [0.05, 0.1) is 0 Å². The van der Waals surface area contributed by atoms with Crippen LogP contribution >= 0.6 is 0 Å². The van der Waals surface area contributed by atoms with Crippen LogP contribution in [0.2, 0.25) is 0 Å². The first-order valence-electron chi connectivity index (χ1n) is 6.24. The molecule has 2 atom stereocenters. The van der Waals surface area contributed by atoms with Crippen molar-refractivity contribution in [3.63, 3.8) is 0 Å². The van der Waals surface area contributed by atoms with Crippen molar-refractivity contribution < 1.29 is 19.5 Å². The first kappa shape index (κ1) is 15.0. The third-order valence-corrected chi connectivity index (χ3v) is 3.07. The maximum Gasteiger partial charge on any atom is 0.326 e. The number of aliphatic carboxylic acids is 1. The van der Waals surface area contributed by atoms with Crippen LogP contribution in [0.5, 0.6) is 0 Å². The molecule has 104 valence electrons. The highest BCUT2D eigenvalue weighted by molar-refractivity contribution is 5.86. The first-order chi connectivity index (χ1) is 8.99. The summed E-state index contributed by atoms with van der Waals surface area (Å²) >= 11 is 0. The Morgan fingerprint density at radius 2 is 2.32 bits per heavy atom. The van der Waals surface area contributed by atoms with Gasteiger partial charge in [-0.15, -0.1) is 12.3 Å². The third kappa shape index (κ3) is 3.98. The molecule has 0 aromatic carbocycles. The van der Waals surface area contributed by atoms with Gasteiger partial charge in [0.15, 0.2) is 0 Å². The van der Waals surface area contributed by atoms with Crippen LogP contribution in [0, 0.1) is 18.3 Å². The SMILES string of the molecule is C#CC1CC(=O)N([C@@H](CCC(=O)NCC)C(=O)O)C1. The highest BCUT2D eigenvalue weighted by atomic mass is 16.4. The van der Waals surface area contributed by atoms with Gasteiger partial charge in [-0.1, -0.05) is 0 Å². The number of carboxylic acids is 1. The molecule has 1 rings (SSSR count). The predicted octanol–water partition coefficient (Wildman–Crippen LogP) is -0.162. The molecule has 1 heterocycles. The average Bonchev–Trinajstić information content (AvgIpc) is 2.71. The Morgan fingerprint density at radius 3 is 2.79 bits per heavy atom. The van der Waals surface area contributed by atoms with E-state index >= 15 is 0 Å². The van der Waals surface area contributed by atoms with Gasteiger partial charge in [-0.25, -0.2) is 4.79 Å². The average molecular weight is 266 g/mol.